The Morgan fingerprint density at radius 2 is 2.05 bits per heavy atom. The van der Waals surface area contributed by atoms with Gasteiger partial charge in [0.2, 0.25) is 0 Å². The molecule has 1 aromatic carbocycles. The summed E-state index contributed by atoms with van der Waals surface area (Å²) in [5, 5.41) is 7.39. The average Bonchev–Trinajstić information content (AvgIpc) is 2.92. The van der Waals surface area contributed by atoms with Gasteiger partial charge in [-0.25, -0.2) is 13.5 Å². The van der Waals surface area contributed by atoms with Crippen molar-refractivity contribution in [2.45, 2.75) is 13.0 Å². The summed E-state index contributed by atoms with van der Waals surface area (Å²) in [5.74, 6) is 0. The molecule has 0 saturated heterocycles. The average molecular weight is 281 g/mol. The molecule has 0 fully saturated rings. The quantitative estimate of drug-likeness (QED) is 0.754. The molecule has 0 spiro atoms. The van der Waals surface area contributed by atoms with E-state index in [1.165, 1.54) is 0 Å². The minimum atomic E-state index is -2.40. The lowest BCUT2D eigenvalue weighted by Gasteiger charge is -2.04. The van der Waals surface area contributed by atoms with Crippen LogP contribution in [0.4, 0.5) is 8.78 Å². The number of ether oxygens (including phenoxy) is 1. The second kappa shape index (κ2) is 7.72. The minimum Gasteiger partial charge on any atom is -0.374 e. The van der Waals surface area contributed by atoms with E-state index in [-0.39, 0.29) is 6.61 Å². The summed E-state index contributed by atoms with van der Waals surface area (Å²) in [7, 11) is 0. The number of aromatic nitrogens is 2. The van der Waals surface area contributed by atoms with Gasteiger partial charge in [0, 0.05) is 24.8 Å². The first-order valence-corrected chi connectivity index (χ1v) is 6.41. The van der Waals surface area contributed by atoms with Crippen molar-refractivity contribution in [3.05, 3.63) is 48.3 Å². The highest BCUT2D eigenvalue weighted by atomic mass is 19.3. The van der Waals surface area contributed by atoms with Crippen LogP contribution in [-0.2, 0) is 11.3 Å². The maximum atomic E-state index is 11.8. The van der Waals surface area contributed by atoms with Gasteiger partial charge in [0.05, 0.1) is 18.5 Å². The molecule has 4 nitrogen and oxygen atoms in total. The molecule has 0 unspecified atom stereocenters. The molecule has 6 heteroatoms. The zero-order chi connectivity index (χ0) is 14.2. The predicted octanol–water partition coefficient (Wildman–Crippen LogP) is 2.24. The van der Waals surface area contributed by atoms with E-state index < -0.39 is 13.0 Å². The summed E-state index contributed by atoms with van der Waals surface area (Å²) in [6.45, 7) is 0.929. The van der Waals surface area contributed by atoms with Gasteiger partial charge in [0.15, 0.2) is 0 Å². The number of hydrogen-bond donors (Lipinski definition) is 1. The van der Waals surface area contributed by atoms with E-state index in [2.05, 4.69) is 10.4 Å². The van der Waals surface area contributed by atoms with E-state index in [9.17, 15) is 8.78 Å². The lowest BCUT2D eigenvalue weighted by molar-refractivity contribution is 0.0187. The van der Waals surface area contributed by atoms with Crippen LogP contribution in [0.2, 0.25) is 0 Å². The van der Waals surface area contributed by atoms with Crippen LogP contribution in [0, 0.1) is 0 Å². The van der Waals surface area contributed by atoms with Gasteiger partial charge in [-0.3, -0.25) is 0 Å². The van der Waals surface area contributed by atoms with Crippen LogP contribution in [0.3, 0.4) is 0 Å². The van der Waals surface area contributed by atoms with Crippen LogP contribution in [0.1, 0.15) is 5.56 Å². The lowest BCUT2D eigenvalue weighted by atomic mass is 10.3. The van der Waals surface area contributed by atoms with E-state index in [0.717, 1.165) is 11.3 Å². The Kier molecular flexibility index (Phi) is 5.64. The lowest BCUT2D eigenvalue weighted by Crippen LogP contribution is -2.20. The van der Waals surface area contributed by atoms with Crippen molar-refractivity contribution in [1.29, 1.82) is 0 Å². The van der Waals surface area contributed by atoms with Crippen LogP contribution in [0.25, 0.3) is 5.69 Å². The summed E-state index contributed by atoms with van der Waals surface area (Å²) >= 11 is 0. The Bertz CT molecular complexity index is 502. The number of alkyl halides is 2. The topological polar surface area (TPSA) is 39.1 Å². The van der Waals surface area contributed by atoms with Gasteiger partial charge in [-0.15, -0.1) is 0 Å². The molecule has 108 valence electrons. The van der Waals surface area contributed by atoms with Crippen molar-refractivity contribution in [3.63, 3.8) is 0 Å². The Morgan fingerprint density at radius 3 is 2.80 bits per heavy atom. The molecule has 1 heterocycles. The Hall–Kier alpha value is -1.79. The largest absolute Gasteiger partial charge is 0.374 e. The summed E-state index contributed by atoms with van der Waals surface area (Å²) in [4.78, 5) is 0. The first-order valence-electron chi connectivity index (χ1n) is 6.41. The number of halogens is 2. The molecule has 0 aliphatic heterocycles. The molecule has 2 rings (SSSR count). The number of nitrogens with zero attached hydrogens (tertiary/aromatic N) is 2. The van der Waals surface area contributed by atoms with Crippen molar-refractivity contribution in [3.8, 4) is 5.69 Å². The first kappa shape index (κ1) is 14.6. The molecule has 0 aliphatic rings. The molecule has 0 saturated carbocycles. The maximum absolute atomic E-state index is 11.8. The normalized spacial score (nSPS) is 11.2. The Labute approximate surface area is 116 Å². The number of nitrogens with one attached hydrogen (secondary N) is 1. The van der Waals surface area contributed by atoms with Crippen molar-refractivity contribution < 1.29 is 13.5 Å². The molecule has 0 amide bonds. The molecule has 0 atom stereocenters. The summed E-state index contributed by atoms with van der Waals surface area (Å²) in [5.41, 5.74) is 2.03. The van der Waals surface area contributed by atoms with Gasteiger partial charge in [-0.1, -0.05) is 18.2 Å². The second-order valence-corrected chi connectivity index (χ2v) is 4.27. The third kappa shape index (κ3) is 4.71. The first-order chi connectivity index (χ1) is 9.75. The third-order valence-corrected chi connectivity index (χ3v) is 2.65. The molecule has 0 radical (unpaired) electrons. The van der Waals surface area contributed by atoms with Crippen molar-refractivity contribution >= 4 is 0 Å². The maximum Gasteiger partial charge on any atom is 0.261 e. The van der Waals surface area contributed by atoms with E-state index in [4.69, 9.17) is 4.74 Å². The standard InChI is InChI=1S/C14H17F2N3O/c15-14(16)11-20-7-6-17-8-12-9-18-19(10-12)13-4-2-1-3-5-13/h1-5,9-10,14,17H,6-8,11H2. The van der Waals surface area contributed by atoms with Crippen LogP contribution in [0.15, 0.2) is 42.7 Å². The summed E-state index contributed by atoms with van der Waals surface area (Å²) in [6.07, 6.45) is 1.31. The predicted molar refractivity (Wildman–Crippen MR) is 72.1 cm³/mol. The van der Waals surface area contributed by atoms with Gasteiger partial charge in [0.25, 0.3) is 6.43 Å². The Morgan fingerprint density at radius 1 is 1.25 bits per heavy atom. The molecule has 0 bridgehead atoms. The highest BCUT2D eigenvalue weighted by Crippen LogP contribution is 2.07. The summed E-state index contributed by atoms with van der Waals surface area (Å²) in [6, 6.07) is 9.81. The van der Waals surface area contributed by atoms with Gasteiger partial charge in [0.1, 0.15) is 6.61 Å². The van der Waals surface area contributed by atoms with Crippen LogP contribution >= 0.6 is 0 Å². The molecule has 1 N–H and O–H groups in total. The molecule has 2 aromatic rings. The smallest absolute Gasteiger partial charge is 0.261 e. The highest BCUT2D eigenvalue weighted by molar-refractivity contribution is 5.30. The van der Waals surface area contributed by atoms with E-state index in [0.29, 0.717) is 13.1 Å². The van der Waals surface area contributed by atoms with Crippen molar-refractivity contribution in [2.75, 3.05) is 19.8 Å². The minimum absolute atomic E-state index is 0.275. The van der Waals surface area contributed by atoms with Crippen LogP contribution in [-0.4, -0.2) is 36.0 Å². The molecule has 1 aromatic heterocycles. The number of benzene rings is 1. The molecule has 0 aliphatic carbocycles. The van der Waals surface area contributed by atoms with Crippen molar-refractivity contribution in [1.82, 2.24) is 15.1 Å². The second-order valence-electron chi connectivity index (χ2n) is 4.27. The number of rotatable bonds is 8. The van der Waals surface area contributed by atoms with Gasteiger partial charge < -0.3 is 10.1 Å². The third-order valence-electron chi connectivity index (χ3n) is 2.65. The Balaban J connectivity index is 1.71. The fourth-order valence-electron chi connectivity index (χ4n) is 1.72. The molecule has 20 heavy (non-hydrogen) atoms. The van der Waals surface area contributed by atoms with E-state index in [1.807, 2.05) is 36.5 Å². The van der Waals surface area contributed by atoms with E-state index in [1.54, 1.807) is 10.9 Å². The fourth-order valence-corrected chi connectivity index (χ4v) is 1.72. The molecular weight excluding hydrogens is 264 g/mol. The fraction of sp³-hybridized carbons (Fsp3) is 0.357. The van der Waals surface area contributed by atoms with Gasteiger partial charge in [-0.05, 0) is 12.1 Å². The van der Waals surface area contributed by atoms with Gasteiger partial charge >= 0.3 is 0 Å². The SMILES string of the molecule is FC(F)COCCNCc1cnn(-c2ccccc2)c1. The van der Waals surface area contributed by atoms with Crippen molar-refractivity contribution in [2.24, 2.45) is 0 Å². The van der Waals surface area contributed by atoms with E-state index >= 15 is 0 Å². The van der Waals surface area contributed by atoms with Gasteiger partial charge in [-0.2, -0.15) is 5.10 Å². The monoisotopic (exact) mass is 281 g/mol. The number of hydrogen-bond acceptors (Lipinski definition) is 3. The molecular formula is C14H17F2N3O. The van der Waals surface area contributed by atoms with Crippen LogP contribution in [0.5, 0.6) is 0 Å². The zero-order valence-electron chi connectivity index (χ0n) is 11.0. The van der Waals surface area contributed by atoms with Crippen LogP contribution < -0.4 is 5.32 Å². The zero-order valence-corrected chi connectivity index (χ0v) is 11.0. The number of para-hydroxylation sites is 1. The summed E-state index contributed by atoms with van der Waals surface area (Å²) < 4.78 is 30.2. The highest BCUT2D eigenvalue weighted by Gasteiger charge is 2.02.